The molecule has 1 aliphatic rings. The molecule has 4 rings (SSSR count). The molecule has 24 heavy (non-hydrogen) atoms. The standard InChI is InChI=1S/C15H9N3S3.CHO.Ag/c1-4-10-16-11(5-1)20-13-7-3-9-15(18-13)21-14-8-2-6-12(17-14)19-10;1-2;/h1-9H;1H;/q;-1;+1. The fraction of sp³-hybridized carbons (Fsp3) is 0. The monoisotopic (exact) mass is 463 g/mol. The fourth-order valence-corrected chi connectivity index (χ4v) is 4.41. The average Bonchev–Trinajstić information content (AvgIpc) is 2.57. The third-order valence-electron chi connectivity index (χ3n) is 2.72. The van der Waals surface area contributed by atoms with Crippen molar-refractivity contribution in [3.8, 4) is 0 Å². The summed E-state index contributed by atoms with van der Waals surface area (Å²) in [5, 5.41) is 5.70. The van der Waals surface area contributed by atoms with Crippen molar-refractivity contribution in [3.63, 3.8) is 0 Å². The SMILES string of the molecule is [Ag+].[CH-]=O.c1cc2nc(c1)Sc1cccc(n1)Sc1cccc(n1)S2. The molecular formula is C16H10AgN3OS3. The first kappa shape index (κ1) is 19.2. The van der Waals surface area contributed by atoms with Crippen LogP contribution >= 0.6 is 35.3 Å². The first-order valence-corrected chi connectivity index (χ1v) is 8.98. The van der Waals surface area contributed by atoms with E-state index in [0.717, 1.165) is 30.2 Å². The second-order valence-corrected chi connectivity index (χ2v) is 7.37. The van der Waals surface area contributed by atoms with E-state index < -0.39 is 0 Å². The summed E-state index contributed by atoms with van der Waals surface area (Å²) in [5.41, 5.74) is 0. The van der Waals surface area contributed by atoms with Gasteiger partial charge in [-0.15, -0.1) is 0 Å². The molecule has 0 saturated heterocycles. The molecule has 0 atom stereocenters. The van der Waals surface area contributed by atoms with Gasteiger partial charge >= 0.3 is 22.4 Å². The third kappa shape index (κ3) is 4.95. The Bertz CT molecular complexity index is 675. The smallest absolute Gasteiger partial charge is 0.545 e. The molecule has 0 fully saturated rings. The summed E-state index contributed by atoms with van der Waals surface area (Å²) in [5.74, 6) is 0. The zero-order chi connectivity index (χ0) is 16.1. The summed E-state index contributed by atoms with van der Waals surface area (Å²) < 4.78 is 0. The van der Waals surface area contributed by atoms with E-state index in [0.29, 0.717) is 0 Å². The molecule has 3 aromatic heterocycles. The number of aromatic nitrogens is 3. The molecule has 1 aliphatic heterocycles. The summed E-state index contributed by atoms with van der Waals surface area (Å²) in [6, 6.07) is 18.1. The predicted octanol–water partition coefficient (Wildman–Crippen LogP) is 4.36. The number of hydrogen-bond donors (Lipinski definition) is 0. The molecule has 0 aromatic carbocycles. The Morgan fingerprint density at radius 2 is 0.750 bits per heavy atom. The van der Waals surface area contributed by atoms with Crippen LogP contribution in [-0.2, 0) is 27.2 Å². The molecule has 3 aromatic rings. The third-order valence-corrected chi connectivity index (χ3v) is 5.34. The largest absolute Gasteiger partial charge is 1.00 e. The molecule has 124 valence electrons. The maximum Gasteiger partial charge on any atom is 1.00 e. The van der Waals surface area contributed by atoms with Gasteiger partial charge in [-0.25, -0.2) is 15.0 Å². The molecule has 4 nitrogen and oxygen atoms in total. The van der Waals surface area contributed by atoms with Crippen molar-refractivity contribution in [2.45, 2.75) is 30.2 Å². The number of carbonyl (C=O) groups excluding carboxylic acids is 1. The summed E-state index contributed by atoms with van der Waals surface area (Å²) in [4.78, 5) is 21.7. The molecule has 0 spiro atoms. The van der Waals surface area contributed by atoms with Crippen LogP contribution in [0, 0.1) is 0 Å². The second-order valence-electron chi connectivity index (χ2n) is 4.25. The van der Waals surface area contributed by atoms with Crippen molar-refractivity contribution < 1.29 is 27.2 Å². The molecule has 0 N–H and O–H groups in total. The summed E-state index contributed by atoms with van der Waals surface area (Å²) in [6.45, 7) is 3.25. The number of rotatable bonds is 0. The van der Waals surface area contributed by atoms with Gasteiger partial charge < -0.3 is 4.79 Å². The summed E-state index contributed by atoms with van der Waals surface area (Å²) in [7, 11) is 0. The van der Waals surface area contributed by atoms with Crippen molar-refractivity contribution in [2.75, 3.05) is 0 Å². The van der Waals surface area contributed by atoms with Crippen LogP contribution in [0.1, 0.15) is 0 Å². The van der Waals surface area contributed by atoms with Crippen LogP contribution in [0.3, 0.4) is 0 Å². The van der Waals surface area contributed by atoms with E-state index in [-0.39, 0.29) is 22.4 Å². The Labute approximate surface area is 168 Å². The van der Waals surface area contributed by atoms with Crippen LogP contribution < -0.4 is 0 Å². The minimum atomic E-state index is 0. The number of fused-ring (bicyclic) bond motifs is 6. The summed E-state index contributed by atoms with van der Waals surface area (Å²) >= 11 is 4.75. The van der Waals surface area contributed by atoms with Crippen LogP contribution in [0.4, 0.5) is 0 Å². The Morgan fingerprint density at radius 3 is 0.958 bits per heavy atom. The van der Waals surface area contributed by atoms with Gasteiger partial charge in [-0.1, -0.05) is 53.5 Å². The van der Waals surface area contributed by atoms with Crippen LogP contribution in [0.5, 0.6) is 0 Å². The number of hydrogen-bond acceptors (Lipinski definition) is 7. The molecule has 0 saturated carbocycles. The molecule has 8 heteroatoms. The van der Waals surface area contributed by atoms with Crippen molar-refractivity contribution in [1.82, 2.24) is 15.0 Å². The quantitative estimate of drug-likeness (QED) is 0.218. The van der Waals surface area contributed by atoms with E-state index in [4.69, 9.17) is 4.79 Å². The zero-order valence-corrected chi connectivity index (χ0v) is 16.0. The molecule has 6 bridgehead atoms. The van der Waals surface area contributed by atoms with Crippen LogP contribution in [0.25, 0.3) is 0 Å². The molecule has 4 heterocycles. The first-order valence-electron chi connectivity index (χ1n) is 6.53. The van der Waals surface area contributed by atoms with E-state index in [1.165, 1.54) is 0 Å². The van der Waals surface area contributed by atoms with Crippen molar-refractivity contribution in [2.24, 2.45) is 0 Å². The van der Waals surface area contributed by atoms with Crippen LogP contribution in [0.2, 0.25) is 0 Å². The van der Waals surface area contributed by atoms with Gasteiger partial charge in [0.25, 0.3) is 0 Å². The van der Waals surface area contributed by atoms with Crippen LogP contribution in [-0.4, -0.2) is 21.7 Å². The normalized spacial score (nSPS) is 11.7. The summed E-state index contributed by atoms with van der Waals surface area (Å²) in [6.07, 6.45) is 0. The maximum absolute atomic E-state index is 7.75. The van der Waals surface area contributed by atoms with Gasteiger partial charge in [-0.05, 0) is 36.4 Å². The number of nitrogens with zero attached hydrogens (tertiary/aromatic N) is 3. The first-order chi connectivity index (χ1) is 11.3. The van der Waals surface area contributed by atoms with E-state index >= 15 is 0 Å². The van der Waals surface area contributed by atoms with Gasteiger partial charge in [-0.2, -0.15) is 0 Å². The fourth-order valence-electron chi connectivity index (χ4n) is 1.85. The van der Waals surface area contributed by atoms with Gasteiger partial charge in [0.1, 0.15) is 30.2 Å². The molecule has 0 unspecified atom stereocenters. The maximum atomic E-state index is 7.75. The van der Waals surface area contributed by atoms with Crippen molar-refractivity contribution in [3.05, 3.63) is 54.6 Å². The van der Waals surface area contributed by atoms with Gasteiger partial charge in [0, 0.05) is 0 Å². The van der Waals surface area contributed by atoms with E-state index in [1.807, 2.05) is 54.6 Å². The van der Waals surface area contributed by atoms with Gasteiger partial charge in [0.05, 0.1) is 0 Å². The molecule has 0 radical (unpaired) electrons. The second kappa shape index (κ2) is 9.41. The van der Waals surface area contributed by atoms with E-state index in [9.17, 15) is 0 Å². The predicted molar refractivity (Wildman–Crippen MR) is 91.8 cm³/mol. The van der Waals surface area contributed by atoms with Gasteiger partial charge in [-0.3, -0.25) is 6.79 Å². The molecule has 0 amide bonds. The Balaban J connectivity index is 0.000000670. The minimum absolute atomic E-state index is 0. The Kier molecular flexibility index (Phi) is 7.54. The molecular weight excluding hydrogens is 454 g/mol. The average molecular weight is 464 g/mol. The zero-order valence-electron chi connectivity index (χ0n) is 12.0. The Morgan fingerprint density at radius 1 is 0.542 bits per heavy atom. The topological polar surface area (TPSA) is 55.7 Å². The van der Waals surface area contributed by atoms with Crippen molar-refractivity contribution in [1.29, 1.82) is 0 Å². The van der Waals surface area contributed by atoms with E-state index in [2.05, 4.69) is 21.7 Å². The van der Waals surface area contributed by atoms with Gasteiger partial charge in [0.15, 0.2) is 0 Å². The Hall–Kier alpha value is -1.09. The number of pyridine rings is 3. The van der Waals surface area contributed by atoms with Crippen molar-refractivity contribution >= 4 is 42.1 Å². The van der Waals surface area contributed by atoms with Gasteiger partial charge in [0.2, 0.25) is 0 Å². The van der Waals surface area contributed by atoms with E-state index in [1.54, 1.807) is 35.3 Å². The molecule has 0 aliphatic carbocycles. The minimum Gasteiger partial charge on any atom is -0.545 e. The van der Waals surface area contributed by atoms with Crippen LogP contribution in [0.15, 0.2) is 84.8 Å².